The Hall–Kier alpha value is -1.36. The van der Waals surface area contributed by atoms with Crippen LogP contribution in [0, 0.1) is 0 Å². The van der Waals surface area contributed by atoms with Crippen LogP contribution < -0.4 is 15.5 Å². The van der Waals surface area contributed by atoms with E-state index in [9.17, 15) is 0 Å². The van der Waals surface area contributed by atoms with Crippen LogP contribution in [0.25, 0.3) is 0 Å². The molecule has 1 aliphatic rings. The van der Waals surface area contributed by atoms with Crippen molar-refractivity contribution < 1.29 is 0 Å². The molecule has 0 unspecified atom stereocenters. The lowest BCUT2D eigenvalue weighted by atomic mass is 10.1. The number of hydrogen-bond acceptors (Lipinski definition) is 5. The molecule has 0 radical (unpaired) electrons. The van der Waals surface area contributed by atoms with Crippen molar-refractivity contribution >= 4 is 11.6 Å². The van der Waals surface area contributed by atoms with Gasteiger partial charge in [0, 0.05) is 31.7 Å². The third kappa shape index (κ3) is 3.32. The van der Waals surface area contributed by atoms with Crippen molar-refractivity contribution in [1.29, 1.82) is 0 Å². The minimum Gasteiger partial charge on any atom is -0.370 e. The molecule has 2 N–H and O–H groups in total. The van der Waals surface area contributed by atoms with Gasteiger partial charge in [0.05, 0.1) is 0 Å². The molecule has 0 saturated carbocycles. The van der Waals surface area contributed by atoms with E-state index in [4.69, 9.17) is 0 Å². The van der Waals surface area contributed by atoms with Gasteiger partial charge in [-0.2, -0.15) is 0 Å². The van der Waals surface area contributed by atoms with Crippen molar-refractivity contribution in [3.05, 3.63) is 12.4 Å². The van der Waals surface area contributed by atoms with E-state index in [1.165, 1.54) is 12.8 Å². The molecule has 0 bridgehead atoms. The van der Waals surface area contributed by atoms with Crippen molar-refractivity contribution in [3.63, 3.8) is 0 Å². The van der Waals surface area contributed by atoms with Crippen molar-refractivity contribution in [2.75, 3.05) is 36.9 Å². The molecule has 2 rings (SSSR count). The topological polar surface area (TPSA) is 53.1 Å². The van der Waals surface area contributed by atoms with Gasteiger partial charge >= 0.3 is 0 Å². The Bertz CT molecular complexity index is 360. The van der Waals surface area contributed by atoms with E-state index in [2.05, 4.69) is 38.5 Å². The van der Waals surface area contributed by atoms with E-state index in [1.807, 2.05) is 7.05 Å². The molecule has 0 spiro atoms. The second-order valence-electron chi connectivity index (χ2n) is 4.74. The molecule has 5 nitrogen and oxygen atoms in total. The number of hydrogen-bond donors (Lipinski definition) is 2. The molecule has 100 valence electrons. The van der Waals surface area contributed by atoms with Gasteiger partial charge in [0.1, 0.15) is 18.0 Å². The highest BCUT2D eigenvalue weighted by Gasteiger charge is 2.18. The van der Waals surface area contributed by atoms with E-state index in [0.29, 0.717) is 6.04 Å². The fraction of sp³-hybridized carbons (Fsp3) is 0.692. The Morgan fingerprint density at radius 2 is 2.11 bits per heavy atom. The molecule has 0 aliphatic carbocycles. The second kappa shape index (κ2) is 6.54. The van der Waals surface area contributed by atoms with E-state index < -0.39 is 0 Å². The molecule has 18 heavy (non-hydrogen) atoms. The van der Waals surface area contributed by atoms with Gasteiger partial charge in [-0.25, -0.2) is 9.97 Å². The molecular weight excluding hydrogens is 226 g/mol. The third-order valence-electron chi connectivity index (χ3n) is 3.44. The summed E-state index contributed by atoms with van der Waals surface area (Å²) in [6.07, 6.45) is 5.11. The molecular formula is C13H23N5. The summed E-state index contributed by atoms with van der Waals surface area (Å²) in [5.74, 6) is 1.97. The molecule has 0 atom stereocenters. The molecule has 5 heteroatoms. The van der Waals surface area contributed by atoms with Crippen molar-refractivity contribution in [2.24, 2.45) is 0 Å². The van der Waals surface area contributed by atoms with Crippen LogP contribution in [-0.2, 0) is 0 Å². The van der Waals surface area contributed by atoms with Gasteiger partial charge in [0.25, 0.3) is 0 Å². The van der Waals surface area contributed by atoms with Gasteiger partial charge in [-0.15, -0.1) is 0 Å². The summed E-state index contributed by atoms with van der Waals surface area (Å²) in [6.45, 7) is 5.24. The predicted molar refractivity (Wildman–Crippen MR) is 75.1 cm³/mol. The number of piperidine rings is 1. The van der Waals surface area contributed by atoms with Crippen LogP contribution in [0.2, 0.25) is 0 Å². The first kappa shape index (κ1) is 13.1. The molecule has 0 amide bonds. The first-order valence-electron chi connectivity index (χ1n) is 6.81. The fourth-order valence-electron chi connectivity index (χ4n) is 2.27. The lowest BCUT2D eigenvalue weighted by molar-refractivity contribution is 0.440. The lowest BCUT2D eigenvalue weighted by Crippen LogP contribution is -2.41. The summed E-state index contributed by atoms with van der Waals surface area (Å²) >= 11 is 0. The number of rotatable bonds is 5. The summed E-state index contributed by atoms with van der Waals surface area (Å²) in [7, 11) is 2.04. The summed E-state index contributed by atoms with van der Waals surface area (Å²) < 4.78 is 0. The van der Waals surface area contributed by atoms with Crippen LogP contribution in [0.4, 0.5) is 11.6 Å². The lowest BCUT2D eigenvalue weighted by Gasteiger charge is -2.32. The summed E-state index contributed by atoms with van der Waals surface area (Å²) in [4.78, 5) is 11.0. The molecule has 1 fully saturated rings. The number of nitrogens with zero attached hydrogens (tertiary/aromatic N) is 3. The SMILES string of the molecule is CCCNc1cc(N2CCC(NC)CC2)ncn1. The van der Waals surface area contributed by atoms with Crippen molar-refractivity contribution in [1.82, 2.24) is 15.3 Å². The second-order valence-corrected chi connectivity index (χ2v) is 4.74. The van der Waals surface area contributed by atoms with Crippen LogP contribution in [0.15, 0.2) is 12.4 Å². The number of nitrogens with one attached hydrogen (secondary N) is 2. The molecule has 1 saturated heterocycles. The summed E-state index contributed by atoms with van der Waals surface area (Å²) in [5.41, 5.74) is 0. The highest BCUT2D eigenvalue weighted by atomic mass is 15.2. The number of anilines is 2. The van der Waals surface area contributed by atoms with Gasteiger partial charge in [-0.1, -0.05) is 6.92 Å². The first-order valence-corrected chi connectivity index (χ1v) is 6.81. The maximum Gasteiger partial charge on any atom is 0.134 e. The average Bonchev–Trinajstić information content (AvgIpc) is 2.45. The predicted octanol–water partition coefficient (Wildman–Crippen LogP) is 1.49. The highest BCUT2D eigenvalue weighted by molar-refractivity contribution is 5.48. The smallest absolute Gasteiger partial charge is 0.134 e. The number of aromatic nitrogens is 2. The highest BCUT2D eigenvalue weighted by Crippen LogP contribution is 2.19. The Balaban J connectivity index is 1.96. The van der Waals surface area contributed by atoms with Crippen LogP contribution in [0.5, 0.6) is 0 Å². The largest absolute Gasteiger partial charge is 0.370 e. The Labute approximate surface area is 109 Å². The summed E-state index contributed by atoms with van der Waals surface area (Å²) in [6, 6.07) is 2.70. The molecule has 0 aromatic carbocycles. The van der Waals surface area contributed by atoms with Gasteiger partial charge < -0.3 is 15.5 Å². The average molecular weight is 249 g/mol. The Morgan fingerprint density at radius 3 is 2.78 bits per heavy atom. The van der Waals surface area contributed by atoms with Crippen LogP contribution in [0.3, 0.4) is 0 Å². The van der Waals surface area contributed by atoms with E-state index in [-0.39, 0.29) is 0 Å². The first-order chi connectivity index (χ1) is 8.83. The van der Waals surface area contributed by atoms with E-state index in [1.54, 1.807) is 6.33 Å². The third-order valence-corrected chi connectivity index (χ3v) is 3.44. The maximum absolute atomic E-state index is 4.38. The summed E-state index contributed by atoms with van der Waals surface area (Å²) in [5, 5.41) is 6.65. The standard InChI is InChI=1S/C13H23N5/c1-3-6-15-12-9-13(17-10-16-12)18-7-4-11(14-2)5-8-18/h9-11,14H,3-8H2,1-2H3,(H,15,16,17). The minimum absolute atomic E-state index is 0.653. The van der Waals surface area contributed by atoms with E-state index >= 15 is 0 Å². The van der Waals surface area contributed by atoms with E-state index in [0.717, 1.165) is 37.7 Å². The normalized spacial score (nSPS) is 16.9. The van der Waals surface area contributed by atoms with Crippen LogP contribution in [-0.4, -0.2) is 42.7 Å². The van der Waals surface area contributed by atoms with Crippen LogP contribution in [0.1, 0.15) is 26.2 Å². The van der Waals surface area contributed by atoms with Gasteiger partial charge in [0.2, 0.25) is 0 Å². The van der Waals surface area contributed by atoms with Crippen LogP contribution >= 0.6 is 0 Å². The molecule has 1 aromatic heterocycles. The Kier molecular flexibility index (Phi) is 4.75. The molecule has 1 aromatic rings. The van der Waals surface area contributed by atoms with Gasteiger partial charge in [-0.05, 0) is 26.3 Å². The fourth-order valence-corrected chi connectivity index (χ4v) is 2.27. The molecule has 1 aliphatic heterocycles. The quantitative estimate of drug-likeness (QED) is 0.828. The monoisotopic (exact) mass is 249 g/mol. The zero-order valence-corrected chi connectivity index (χ0v) is 11.3. The minimum atomic E-state index is 0.653. The zero-order valence-electron chi connectivity index (χ0n) is 11.3. The Morgan fingerprint density at radius 1 is 1.33 bits per heavy atom. The zero-order chi connectivity index (χ0) is 12.8. The van der Waals surface area contributed by atoms with Gasteiger partial charge in [-0.3, -0.25) is 0 Å². The maximum atomic E-state index is 4.38. The van der Waals surface area contributed by atoms with Crippen molar-refractivity contribution in [2.45, 2.75) is 32.2 Å². The van der Waals surface area contributed by atoms with Crippen molar-refractivity contribution in [3.8, 4) is 0 Å². The van der Waals surface area contributed by atoms with Gasteiger partial charge in [0.15, 0.2) is 0 Å². The molecule has 2 heterocycles.